The van der Waals surface area contributed by atoms with Crippen molar-refractivity contribution in [3.8, 4) is 0 Å². The van der Waals surface area contributed by atoms with Gasteiger partial charge in [-0.15, -0.1) is 0 Å². The van der Waals surface area contributed by atoms with Gasteiger partial charge in [-0.2, -0.15) is 0 Å². The van der Waals surface area contributed by atoms with Crippen molar-refractivity contribution in [3.63, 3.8) is 0 Å². The second-order valence-electron chi connectivity index (χ2n) is 5.23. The molecule has 2 rings (SSSR count). The molecule has 0 amide bonds. The zero-order chi connectivity index (χ0) is 13.1. The fraction of sp³-hybridized carbons (Fsp3) is 0.571. The minimum atomic E-state index is 0.566. The second-order valence-corrected chi connectivity index (χ2v) is 6.01. The quantitative estimate of drug-likeness (QED) is 0.916. The molecule has 1 aromatic carbocycles. The summed E-state index contributed by atoms with van der Waals surface area (Å²) in [5.41, 5.74) is 1.08. The Morgan fingerprint density at radius 2 is 2.17 bits per heavy atom. The van der Waals surface area contributed by atoms with E-state index in [1.165, 1.54) is 6.42 Å². The zero-order valence-electron chi connectivity index (χ0n) is 10.9. The number of nitrogens with zero attached hydrogens (tertiary/aromatic N) is 1. The Bertz CT molecular complexity index is 409. The lowest BCUT2D eigenvalue weighted by Gasteiger charge is -2.35. The van der Waals surface area contributed by atoms with Gasteiger partial charge in [0.1, 0.15) is 0 Å². The van der Waals surface area contributed by atoms with E-state index in [0.717, 1.165) is 25.2 Å². The van der Waals surface area contributed by atoms with Crippen molar-refractivity contribution in [2.45, 2.75) is 25.9 Å². The summed E-state index contributed by atoms with van der Waals surface area (Å²) < 4.78 is 0. The van der Waals surface area contributed by atoms with Crippen LogP contribution in [-0.2, 0) is 6.54 Å². The molecular weight excluding hydrogens is 267 g/mol. The van der Waals surface area contributed by atoms with E-state index in [4.69, 9.17) is 23.2 Å². The molecule has 0 aliphatic carbocycles. The highest BCUT2D eigenvalue weighted by molar-refractivity contribution is 6.42. The summed E-state index contributed by atoms with van der Waals surface area (Å²) in [5.74, 6) is 0.668. The van der Waals surface area contributed by atoms with Gasteiger partial charge in [-0.25, -0.2) is 0 Å². The molecule has 1 aromatic rings. The molecule has 0 radical (unpaired) electrons. The van der Waals surface area contributed by atoms with Crippen molar-refractivity contribution in [1.29, 1.82) is 0 Å². The molecule has 18 heavy (non-hydrogen) atoms. The Morgan fingerprint density at radius 1 is 1.39 bits per heavy atom. The third-order valence-electron chi connectivity index (χ3n) is 3.69. The van der Waals surface area contributed by atoms with Gasteiger partial charge in [0.05, 0.1) is 10.0 Å². The number of nitrogens with one attached hydrogen (secondary N) is 1. The normalized spacial score (nSPS) is 25.3. The van der Waals surface area contributed by atoms with Gasteiger partial charge >= 0.3 is 0 Å². The van der Waals surface area contributed by atoms with E-state index >= 15 is 0 Å². The molecule has 1 aliphatic heterocycles. The minimum Gasteiger partial charge on any atom is -0.310 e. The Kier molecular flexibility index (Phi) is 4.91. The van der Waals surface area contributed by atoms with Gasteiger partial charge in [-0.05, 0) is 37.6 Å². The van der Waals surface area contributed by atoms with E-state index in [1.54, 1.807) is 0 Å². The Morgan fingerprint density at radius 3 is 2.89 bits per heavy atom. The number of halogens is 2. The third kappa shape index (κ3) is 3.39. The first-order valence-electron chi connectivity index (χ1n) is 6.42. The van der Waals surface area contributed by atoms with E-state index in [9.17, 15) is 0 Å². The highest BCUT2D eigenvalue weighted by Gasteiger charge is 2.23. The van der Waals surface area contributed by atoms with Gasteiger partial charge in [-0.1, -0.05) is 42.3 Å². The summed E-state index contributed by atoms with van der Waals surface area (Å²) in [6.45, 7) is 5.40. The zero-order valence-corrected chi connectivity index (χ0v) is 12.4. The highest BCUT2D eigenvalue weighted by atomic mass is 35.5. The van der Waals surface area contributed by atoms with Crippen LogP contribution in [0.1, 0.15) is 18.9 Å². The van der Waals surface area contributed by atoms with Crippen molar-refractivity contribution >= 4 is 23.2 Å². The SMILES string of the molecule is CC1CN(C)CCC1NCc1cccc(Cl)c1Cl. The smallest absolute Gasteiger partial charge is 0.0637 e. The van der Waals surface area contributed by atoms with Gasteiger partial charge < -0.3 is 10.2 Å². The van der Waals surface area contributed by atoms with Crippen LogP contribution in [0.5, 0.6) is 0 Å². The summed E-state index contributed by atoms with van der Waals surface area (Å²) in [7, 11) is 2.18. The van der Waals surface area contributed by atoms with Crippen molar-refractivity contribution < 1.29 is 0 Å². The summed E-state index contributed by atoms with van der Waals surface area (Å²) in [5, 5.41) is 4.91. The molecule has 1 fully saturated rings. The summed E-state index contributed by atoms with van der Waals surface area (Å²) in [6, 6.07) is 6.37. The summed E-state index contributed by atoms with van der Waals surface area (Å²) in [4.78, 5) is 2.38. The van der Waals surface area contributed by atoms with E-state index in [2.05, 4.69) is 24.2 Å². The molecule has 0 spiro atoms. The van der Waals surface area contributed by atoms with Gasteiger partial charge in [0, 0.05) is 19.1 Å². The van der Waals surface area contributed by atoms with E-state index in [0.29, 0.717) is 22.0 Å². The largest absolute Gasteiger partial charge is 0.310 e. The predicted octanol–water partition coefficient (Wildman–Crippen LogP) is 3.42. The van der Waals surface area contributed by atoms with Crippen LogP contribution < -0.4 is 5.32 Å². The molecule has 0 saturated carbocycles. The fourth-order valence-electron chi connectivity index (χ4n) is 2.58. The summed E-state index contributed by atoms with van der Waals surface area (Å²) in [6.07, 6.45) is 1.19. The molecule has 1 saturated heterocycles. The number of rotatable bonds is 3. The molecule has 1 heterocycles. The van der Waals surface area contributed by atoms with Crippen LogP contribution in [0.3, 0.4) is 0 Å². The molecule has 2 nitrogen and oxygen atoms in total. The lowest BCUT2D eigenvalue weighted by atomic mass is 9.94. The average molecular weight is 287 g/mol. The van der Waals surface area contributed by atoms with Crippen molar-refractivity contribution in [2.75, 3.05) is 20.1 Å². The predicted molar refractivity (Wildman–Crippen MR) is 78.4 cm³/mol. The van der Waals surface area contributed by atoms with Crippen molar-refractivity contribution in [2.24, 2.45) is 5.92 Å². The van der Waals surface area contributed by atoms with Crippen molar-refractivity contribution in [3.05, 3.63) is 33.8 Å². The maximum absolute atomic E-state index is 6.19. The highest BCUT2D eigenvalue weighted by Crippen LogP contribution is 2.26. The van der Waals surface area contributed by atoms with Gasteiger partial charge in [-0.3, -0.25) is 0 Å². The third-order valence-corrected chi connectivity index (χ3v) is 4.55. The van der Waals surface area contributed by atoms with E-state index < -0.39 is 0 Å². The molecule has 100 valence electrons. The monoisotopic (exact) mass is 286 g/mol. The van der Waals surface area contributed by atoms with Crippen LogP contribution in [0.25, 0.3) is 0 Å². The second kappa shape index (κ2) is 6.25. The molecule has 0 aromatic heterocycles. The maximum atomic E-state index is 6.19. The topological polar surface area (TPSA) is 15.3 Å². The lowest BCUT2D eigenvalue weighted by molar-refractivity contribution is 0.174. The van der Waals surface area contributed by atoms with Crippen LogP contribution in [0, 0.1) is 5.92 Å². The molecule has 1 N–H and O–H groups in total. The molecule has 4 heteroatoms. The first-order valence-corrected chi connectivity index (χ1v) is 7.18. The fourth-order valence-corrected chi connectivity index (χ4v) is 2.97. The Labute approximate surface area is 119 Å². The standard InChI is InChI=1S/C14H20Cl2N2/c1-10-9-18(2)7-6-13(10)17-8-11-4-3-5-12(15)14(11)16/h3-5,10,13,17H,6-9H2,1-2H3. The Hall–Kier alpha value is -0.280. The number of hydrogen-bond acceptors (Lipinski definition) is 2. The molecule has 2 atom stereocenters. The first kappa shape index (κ1) is 14.1. The van der Waals surface area contributed by atoms with Crippen LogP contribution >= 0.6 is 23.2 Å². The first-order chi connectivity index (χ1) is 8.58. The number of hydrogen-bond donors (Lipinski definition) is 1. The molecule has 2 unspecified atom stereocenters. The molecule has 0 bridgehead atoms. The number of piperidine rings is 1. The van der Waals surface area contributed by atoms with Crippen LogP contribution in [-0.4, -0.2) is 31.1 Å². The molecule has 1 aliphatic rings. The van der Waals surface area contributed by atoms with Crippen LogP contribution in [0.2, 0.25) is 10.0 Å². The van der Waals surface area contributed by atoms with Crippen molar-refractivity contribution in [1.82, 2.24) is 10.2 Å². The summed E-state index contributed by atoms with van der Waals surface area (Å²) >= 11 is 12.2. The average Bonchev–Trinajstić information content (AvgIpc) is 2.33. The van der Waals surface area contributed by atoms with Gasteiger partial charge in [0.2, 0.25) is 0 Å². The lowest BCUT2D eigenvalue weighted by Crippen LogP contribution is -2.46. The molecular formula is C14H20Cl2N2. The number of benzene rings is 1. The number of likely N-dealkylation sites (tertiary alicyclic amines) is 1. The van der Waals surface area contributed by atoms with E-state index in [1.807, 2.05) is 18.2 Å². The van der Waals surface area contributed by atoms with Gasteiger partial charge in [0.15, 0.2) is 0 Å². The Balaban J connectivity index is 1.93. The van der Waals surface area contributed by atoms with Crippen LogP contribution in [0.15, 0.2) is 18.2 Å². The minimum absolute atomic E-state index is 0.566. The van der Waals surface area contributed by atoms with Gasteiger partial charge in [0.25, 0.3) is 0 Å². The maximum Gasteiger partial charge on any atom is 0.0637 e. The van der Waals surface area contributed by atoms with Crippen LogP contribution in [0.4, 0.5) is 0 Å². The van der Waals surface area contributed by atoms with E-state index in [-0.39, 0.29) is 0 Å².